The van der Waals surface area contributed by atoms with Gasteiger partial charge in [-0.25, -0.2) is 12.8 Å². The summed E-state index contributed by atoms with van der Waals surface area (Å²) in [6.45, 7) is 6.79. The van der Waals surface area contributed by atoms with E-state index in [1.54, 1.807) is 30.3 Å². The molecule has 0 fully saturated rings. The predicted octanol–water partition coefficient (Wildman–Crippen LogP) is 7.28. The largest absolute Gasteiger partial charge is 0.494 e. The van der Waals surface area contributed by atoms with Gasteiger partial charge in [0, 0.05) is 34.1 Å². The predicted molar refractivity (Wildman–Crippen MR) is 187 cm³/mol. The summed E-state index contributed by atoms with van der Waals surface area (Å²) in [5, 5.41) is 3.52. The zero-order valence-corrected chi connectivity index (χ0v) is 29.4. The van der Waals surface area contributed by atoms with Crippen LogP contribution in [0.3, 0.4) is 0 Å². The molecule has 0 aromatic heterocycles. The minimum Gasteiger partial charge on any atom is -0.494 e. The third kappa shape index (κ3) is 9.49. The molecule has 0 aliphatic rings. The third-order valence-electron chi connectivity index (χ3n) is 7.28. The number of sulfonamides is 1. The van der Waals surface area contributed by atoms with E-state index in [0.29, 0.717) is 17.9 Å². The standard InChI is InChI=1S/C36H38Cl2FN3O5S/c1-5-47-28-18-16-27(17-19-28)42(48(45,46)29-20-14-26(39)15-21-29)24-34(43)41(23-30-31(37)12-9-13-32(30)38)33(35(44)40-36(2,3)4)22-25-10-7-6-8-11-25/h6-21,33H,5,22-24H2,1-4H3,(H,40,44)/t33-/m0/s1. The van der Waals surface area contributed by atoms with Crippen molar-refractivity contribution in [1.29, 1.82) is 0 Å². The van der Waals surface area contributed by atoms with E-state index in [-0.39, 0.29) is 33.6 Å². The minimum absolute atomic E-state index is 0.115. The minimum atomic E-state index is -4.42. The van der Waals surface area contributed by atoms with Crippen molar-refractivity contribution in [3.63, 3.8) is 0 Å². The van der Waals surface area contributed by atoms with Gasteiger partial charge in [-0.3, -0.25) is 13.9 Å². The molecule has 0 saturated heterocycles. The average molecular weight is 715 g/mol. The van der Waals surface area contributed by atoms with Crippen molar-refractivity contribution in [2.75, 3.05) is 17.5 Å². The zero-order chi connectivity index (χ0) is 35.1. The number of nitrogens with zero attached hydrogens (tertiary/aromatic N) is 2. The fourth-order valence-electron chi connectivity index (χ4n) is 5.00. The Kier molecular flexibility index (Phi) is 12.1. The lowest BCUT2D eigenvalue weighted by molar-refractivity contribution is -0.140. The number of amides is 2. The Bertz CT molecular complexity index is 1800. The molecular formula is C36H38Cl2FN3O5S. The maximum absolute atomic E-state index is 14.6. The van der Waals surface area contributed by atoms with Crippen molar-refractivity contribution in [3.8, 4) is 5.75 Å². The lowest BCUT2D eigenvalue weighted by atomic mass is 10.0. The van der Waals surface area contributed by atoms with Gasteiger partial charge in [-0.2, -0.15) is 0 Å². The molecule has 2 amide bonds. The topological polar surface area (TPSA) is 96.0 Å². The second-order valence-corrected chi connectivity index (χ2v) is 14.7. The summed E-state index contributed by atoms with van der Waals surface area (Å²) >= 11 is 13.1. The fraction of sp³-hybridized carbons (Fsp3) is 0.278. The molecule has 4 rings (SSSR count). The summed E-state index contributed by atoms with van der Waals surface area (Å²) in [7, 11) is -4.42. The summed E-state index contributed by atoms with van der Waals surface area (Å²) < 4.78 is 48.6. The van der Waals surface area contributed by atoms with Gasteiger partial charge in [0.25, 0.3) is 10.0 Å². The average Bonchev–Trinajstić information content (AvgIpc) is 3.03. The number of rotatable bonds is 13. The van der Waals surface area contributed by atoms with E-state index in [0.717, 1.165) is 34.1 Å². The maximum atomic E-state index is 14.6. The zero-order valence-electron chi connectivity index (χ0n) is 27.1. The Hall–Kier alpha value is -4.12. The van der Waals surface area contributed by atoms with Crippen molar-refractivity contribution in [2.24, 2.45) is 0 Å². The van der Waals surface area contributed by atoms with Gasteiger partial charge in [0.15, 0.2) is 0 Å². The van der Waals surface area contributed by atoms with Gasteiger partial charge >= 0.3 is 0 Å². The van der Waals surface area contributed by atoms with E-state index in [4.69, 9.17) is 27.9 Å². The highest BCUT2D eigenvalue weighted by atomic mass is 35.5. The summed E-state index contributed by atoms with van der Waals surface area (Å²) in [5.74, 6) is -1.26. The smallest absolute Gasteiger partial charge is 0.264 e. The molecule has 0 radical (unpaired) electrons. The number of hydrogen-bond acceptors (Lipinski definition) is 5. The first-order valence-electron chi connectivity index (χ1n) is 15.3. The Morgan fingerprint density at radius 3 is 2.04 bits per heavy atom. The molecule has 4 aromatic carbocycles. The van der Waals surface area contributed by atoms with Gasteiger partial charge < -0.3 is 15.0 Å². The molecule has 12 heteroatoms. The molecule has 0 spiro atoms. The molecule has 254 valence electrons. The van der Waals surface area contributed by atoms with Crippen LogP contribution in [0.4, 0.5) is 10.1 Å². The van der Waals surface area contributed by atoms with Gasteiger partial charge in [-0.1, -0.05) is 59.6 Å². The van der Waals surface area contributed by atoms with E-state index >= 15 is 0 Å². The van der Waals surface area contributed by atoms with Crippen LogP contribution in [0.5, 0.6) is 5.75 Å². The number of carbonyl (C=O) groups excluding carboxylic acids is 2. The summed E-state index contributed by atoms with van der Waals surface area (Å²) in [4.78, 5) is 29.7. The van der Waals surface area contributed by atoms with Crippen LogP contribution in [-0.2, 0) is 32.6 Å². The van der Waals surface area contributed by atoms with Gasteiger partial charge in [-0.15, -0.1) is 0 Å². The van der Waals surface area contributed by atoms with Gasteiger partial charge in [0.1, 0.15) is 24.2 Å². The van der Waals surface area contributed by atoms with Crippen molar-refractivity contribution in [2.45, 2.75) is 57.1 Å². The molecule has 0 aliphatic carbocycles. The van der Waals surface area contributed by atoms with E-state index in [9.17, 15) is 22.4 Å². The van der Waals surface area contributed by atoms with Crippen LogP contribution in [-0.4, -0.2) is 49.9 Å². The molecule has 8 nitrogen and oxygen atoms in total. The van der Waals surface area contributed by atoms with Crippen LogP contribution in [0.25, 0.3) is 0 Å². The number of halogens is 3. The number of hydrogen-bond donors (Lipinski definition) is 1. The van der Waals surface area contributed by atoms with Crippen molar-refractivity contribution in [1.82, 2.24) is 10.2 Å². The monoisotopic (exact) mass is 713 g/mol. The number of nitrogens with one attached hydrogen (secondary N) is 1. The van der Waals surface area contributed by atoms with Crippen molar-refractivity contribution >= 4 is 50.7 Å². The highest BCUT2D eigenvalue weighted by molar-refractivity contribution is 7.92. The lowest BCUT2D eigenvalue weighted by Gasteiger charge is -2.35. The molecule has 4 aromatic rings. The number of benzene rings is 4. The molecule has 1 N–H and O–H groups in total. The van der Waals surface area contributed by atoms with Crippen LogP contribution in [0, 0.1) is 5.82 Å². The Labute approximate surface area is 291 Å². The Morgan fingerprint density at radius 2 is 1.48 bits per heavy atom. The maximum Gasteiger partial charge on any atom is 0.264 e. The number of ether oxygens (including phenoxy) is 1. The van der Waals surface area contributed by atoms with Gasteiger partial charge in [-0.05, 0) is 93.9 Å². The first-order chi connectivity index (χ1) is 22.7. The SMILES string of the molecule is CCOc1ccc(N(CC(=O)N(Cc2c(Cl)cccc2Cl)[C@@H](Cc2ccccc2)C(=O)NC(C)(C)C)S(=O)(=O)c2ccc(F)cc2)cc1. The second kappa shape index (κ2) is 15.9. The van der Waals surface area contributed by atoms with E-state index in [1.165, 1.54) is 17.0 Å². The molecule has 0 aliphatic heterocycles. The fourth-order valence-corrected chi connectivity index (χ4v) is 6.93. The summed E-state index contributed by atoms with van der Waals surface area (Å²) in [6, 6.07) is 23.5. The van der Waals surface area contributed by atoms with E-state index in [1.807, 2.05) is 58.0 Å². The normalized spacial score (nSPS) is 12.2. The molecule has 0 unspecified atom stereocenters. The van der Waals surface area contributed by atoms with Crippen molar-refractivity contribution < 1.29 is 27.1 Å². The number of carbonyl (C=O) groups is 2. The van der Waals surface area contributed by atoms with Crippen LogP contribution >= 0.6 is 23.2 Å². The molecule has 0 bridgehead atoms. The van der Waals surface area contributed by atoms with Crippen LogP contribution < -0.4 is 14.4 Å². The van der Waals surface area contributed by atoms with Crippen LogP contribution in [0.2, 0.25) is 10.0 Å². The van der Waals surface area contributed by atoms with Crippen LogP contribution in [0.1, 0.15) is 38.8 Å². The summed E-state index contributed by atoms with van der Waals surface area (Å²) in [6.07, 6.45) is 0.115. The lowest BCUT2D eigenvalue weighted by Crippen LogP contribution is -2.56. The van der Waals surface area contributed by atoms with Crippen molar-refractivity contribution in [3.05, 3.63) is 124 Å². The van der Waals surface area contributed by atoms with E-state index < -0.39 is 45.8 Å². The Morgan fingerprint density at radius 1 is 0.875 bits per heavy atom. The quantitative estimate of drug-likeness (QED) is 0.157. The first-order valence-corrected chi connectivity index (χ1v) is 17.5. The van der Waals surface area contributed by atoms with Gasteiger partial charge in [0.2, 0.25) is 11.8 Å². The molecule has 48 heavy (non-hydrogen) atoms. The highest BCUT2D eigenvalue weighted by Gasteiger charge is 2.36. The Balaban J connectivity index is 1.85. The molecule has 0 heterocycles. The van der Waals surface area contributed by atoms with Crippen LogP contribution in [0.15, 0.2) is 102 Å². The molecular weight excluding hydrogens is 676 g/mol. The third-order valence-corrected chi connectivity index (χ3v) is 9.77. The van der Waals surface area contributed by atoms with E-state index in [2.05, 4.69) is 5.32 Å². The second-order valence-electron chi connectivity index (χ2n) is 12.1. The summed E-state index contributed by atoms with van der Waals surface area (Å²) in [5.41, 5.74) is 0.676. The van der Waals surface area contributed by atoms with Gasteiger partial charge in [0.05, 0.1) is 17.2 Å². The molecule has 0 saturated carbocycles. The molecule has 1 atom stereocenters. The highest BCUT2D eigenvalue weighted by Crippen LogP contribution is 2.30. The number of anilines is 1. The first kappa shape index (κ1) is 36.7.